The van der Waals surface area contributed by atoms with Gasteiger partial charge in [0.15, 0.2) is 0 Å². The van der Waals surface area contributed by atoms with E-state index < -0.39 is 28.0 Å². The van der Waals surface area contributed by atoms with Gasteiger partial charge in [-0.3, -0.25) is 10.1 Å². The maximum atomic E-state index is 12.9. The van der Waals surface area contributed by atoms with Gasteiger partial charge < -0.3 is 15.2 Å². The van der Waals surface area contributed by atoms with Crippen LogP contribution >= 0.6 is 0 Å². The molecule has 2 rings (SSSR count). The Labute approximate surface area is 117 Å². The number of halogens is 3. The number of hydrogen-bond acceptors (Lipinski definition) is 5. The maximum Gasteiger partial charge on any atom is 0.418 e. The summed E-state index contributed by atoms with van der Waals surface area (Å²) in [5.41, 5.74) is -3.33. The molecule has 2 N–H and O–H groups in total. The van der Waals surface area contributed by atoms with Crippen molar-refractivity contribution in [2.24, 2.45) is 0 Å². The maximum absolute atomic E-state index is 12.9. The van der Waals surface area contributed by atoms with Crippen molar-refractivity contribution in [3.05, 3.63) is 33.9 Å². The van der Waals surface area contributed by atoms with Crippen molar-refractivity contribution >= 4 is 11.4 Å². The zero-order valence-electron chi connectivity index (χ0n) is 10.8. The fourth-order valence-electron chi connectivity index (χ4n) is 2.03. The van der Waals surface area contributed by atoms with E-state index in [1.165, 1.54) is 0 Å². The van der Waals surface area contributed by atoms with Crippen molar-refractivity contribution in [2.45, 2.75) is 18.2 Å². The Morgan fingerprint density at radius 3 is 2.71 bits per heavy atom. The third-order valence-electron chi connectivity index (χ3n) is 3.21. The average molecular weight is 306 g/mol. The number of hydrogen-bond donors (Lipinski definition) is 2. The highest BCUT2D eigenvalue weighted by Gasteiger charge is 2.37. The Balaban J connectivity index is 2.23. The lowest BCUT2D eigenvalue weighted by molar-refractivity contribution is -0.385. The number of benzene rings is 1. The summed E-state index contributed by atoms with van der Waals surface area (Å²) in [6, 6.07) is 2.43. The van der Waals surface area contributed by atoms with Crippen LogP contribution in [-0.2, 0) is 10.9 Å². The van der Waals surface area contributed by atoms with Crippen LogP contribution in [0.2, 0.25) is 0 Å². The van der Waals surface area contributed by atoms with Crippen LogP contribution in [0.15, 0.2) is 18.2 Å². The van der Waals surface area contributed by atoms with Gasteiger partial charge in [0.1, 0.15) is 5.60 Å². The molecule has 0 bridgehead atoms. The average Bonchev–Trinajstić information content (AvgIpc) is 2.82. The molecule has 0 aromatic heterocycles. The molecule has 1 aromatic rings. The lowest BCUT2D eigenvalue weighted by Crippen LogP contribution is -2.37. The van der Waals surface area contributed by atoms with Gasteiger partial charge in [-0.15, -0.1) is 0 Å². The van der Waals surface area contributed by atoms with Crippen molar-refractivity contribution in [3.8, 4) is 0 Å². The molecule has 1 saturated heterocycles. The number of nitrogens with zero attached hydrogens (tertiary/aromatic N) is 1. The van der Waals surface area contributed by atoms with E-state index in [2.05, 4.69) is 5.32 Å². The number of nitrogens with one attached hydrogen (secondary N) is 1. The van der Waals surface area contributed by atoms with Crippen LogP contribution in [0.1, 0.15) is 12.0 Å². The van der Waals surface area contributed by atoms with Gasteiger partial charge in [0, 0.05) is 37.4 Å². The monoisotopic (exact) mass is 306 g/mol. The van der Waals surface area contributed by atoms with Gasteiger partial charge in [-0.05, 0) is 6.07 Å². The van der Waals surface area contributed by atoms with Gasteiger partial charge in [0.25, 0.3) is 5.69 Å². The van der Waals surface area contributed by atoms with E-state index in [4.69, 9.17) is 4.74 Å². The first kappa shape index (κ1) is 15.5. The summed E-state index contributed by atoms with van der Waals surface area (Å²) in [4.78, 5) is 9.68. The summed E-state index contributed by atoms with van der Waals surface area (Å²) in [6.07, 6.45) is -4.42. The Kier molecular flexibility index (Phi) is 4.06. The van der Waals surface area contributed by atoms with Crippen LogP contribution in [0.25, 0.3) is 0 Å². The normalized spacial score (nSPS) is 22.3. The molecule has 116 valence electrons. The minimum Gasteiger partial charge on any atom is -0.386 e. The minimum absolute atomic E-state index is 0.0360. The molecule has 1 fully saturated rings. The van der Waals surface area contributed by atoms with Crippen molar-refractivity contribution in [1.82, 2.24) is 0 Å². The molecule has 1 atom stereocenters. The smallest absolute Gasteiger partial charge is 0.386 e. The number of alkyl halides is 3. The fraction of sp³-hybridized carbons (Fsp3) is 0.500. The molecule has 6 nitrogen and oxygen atoms in total. The van der Waals surface area contributed by atoms with Gasteiger partial charge in [-0.2, -0.15) is 13.2 Å². The fourth-order valence-corrected chi connectivity index (χ4v) is 2.03. The van der Waals surface area contributed by atoms with E-state index in [0.29, 0.717) is 19.1 Å². The highest BCUT2D eigenvalue weighted by atomic mass is 19.4. The molecule has 1 aliphatic heterocycles. The number of nitro groups is 1. The molecule has 1 aliphatic rings. The van der Waals surface area contributed by atoms with Crippen LogP contribution < -0.4 is 5.32 Å². The lowest BCUT2D eigenvalue weighted by atomic mass is 10.0. The van der Waals surface area contributed by atoms with Gasteiger partial charge in [0.05, 0.1) is 17.1 Å². The summed E-state index contributed by atoms with van der Waals surface area (Å²) >= 11 is 0. The van der Waals surface area contributed by atoms with Gasteiger partial charge in [-0.25, -0.2) is 0 Å². The third kappa shape index (κ3) is 3.61. The Hall–Kier alpha value is -1.87. The van der Waals surface area contributed by atoms with Crippen molar-refractivity contribution in [3.63, 3.8) is 0 Å². The van der Waals surface area contributed by atoms with Crippen LogP contribution in [-0.4, -0.2) is 35.4 Å². The molecule has 9 heteroatoms. The topological polar surface area (TPSA) is 84.6 Å². The number of nitro benzene ring substituents is 1. The number of anilines is 1. The second-order valence-electron chi connectivity index (χ2n) is 4.87. The molecule has 21 heavy (non-hydrogen) atoms. The molecule has 1 aromatic carbocycles. The molecular weight excluding hydrogens is 293 g/mol. The minimum atomic E-state index is -4.73. The van der Waals surface area contributed by atoms with Crippen molar-refractivity contribution in [1.29, 1.82) is 0 Å². The third-order valence-corrected chi connectivity index (χ3v) is 3.21. The largest absolute Gasteiger partial charge is 0.418 e. The first-order valence-electron chi connectivity index (χ1n) is 6.11. The van der Waals surface area contributed by atoms with E-state index in [0.717, 1.165) is 12.1 Å². The Bertz CT molecular complexity index is 542. The highest BCUT2D eigenvalue weighted by molar-refractivity contribution is 5.57. The zero-order chi connectivity index (χ0) is 15.7. The van der Waals surface area contributed by atoms with Crippen molar-refractivity contribution in [2.75, 3.05) is 25.1 Å². The standard InChI is InChI=1S/C12H13F3N2O4/c13-12(14,15)9-5-8(17(19)20)1-2-10(9)16-6-11(18)3-4-21-7-11/h1-2,5,16,18H,3-4,6-7H2. The number of rotatable bonds is 4. The predicted octanol–water partition coefficient (Wildman–Crippen LogP) is 2.18. The van der Waals surface area contributed by atoms with Gasteiger partial charge >= 0.3 is 6.18 Å². The summed E-state index contributed by atoms with van der Waals surface area (Å²) in [7, 11) is 0. The summed E-state index contributed by atoms with van der Waals surface area (Å²) in [6.45, 7) is 0.243. The molecule has 0 amide bonds. The van der Waals surface area contributed by atoms with Crippen LogP contribution in [0.3, 0.4) is 0 Å². The van der Waals surface area contributed by atoms with E-state index in [1.807, 2.05) is 0 Å². The Morgan fingerprint density at radius 1 is 1.48 bits per heavy atom. The highest BCUT2D eigenvalue weighted by Crippen LogP contribution is 2.37. The number of ether oxygens (including phenoxy) is 1. The van der Waals surface area contributed by atoms with Gasteiger partial charge in [0.2, 0.25) is 0 Å². The van der Waals surface area contributed by atoms with E-state index in [-0.39, 0.29) is 18.8 Å². The molecule has 0 radical (unpaired) electrons. The van der Waals surface area contributed by atoms with E-state index in [9.17, 15) is 28.4 Å². The second-order valence-corrected chi connectivity index (χ2v) is 4.87. The lowest BCUT2D eigenvalue weighted by Gasteiger charge is -2.23. The van der Waals surface area contributed by atoms with Crippen LogP contribution in [0, 0.1) is 10.1 Å². The first-order chi connectivity index (χ1) is 9.71. The molecule has 0 saturated carbocycles. The first-order valence-corrected chi connectivity index (χ1v) is 6.11. The van der Waals surface area contributed by atoms with Crippen molar-refractivity contribution < 1.29 is 27.9 Å². The molecule has 0 spiro atoms. The molecule has 1 heterocycles. The Morgan fingerprint density at radius 2 is 2.19 bits per heavy atom. The number of aliphatic hydroxyl groups is 1. The van der Waals surface area contributed by atoms with Crippen LogP contribution in [0.5, 0.6) is 0 Å². The van der Waals surface area contributed by atoms with E-state index in [1.54, 1.807) is 0 Å². The second kappa shape index (κ2) is 5.49. The quantitative estimate of drug-likeness (QED) is 0.658. The summed E-state index contributed by atoms with van der Waals surface area (Å²) in [5, 5.41) is 23.1. The van der Waals surface area contributed by atoms with E-state index >= 15 is 0 Å². The van der Waals surface area contributed by atoms with Crippen LogP contribution in [0.4, 0.5) is 24.5 Å². The molecular formula is C12H13F3N2O4. The summed E-state index contributed by atoms with van der Waals surface area (Å²) < 4.78 is 43.8. The SMILES string of the molecule is O=[N+]([O-])c1ccc(NCC2(O)CCOC2)c(C(F)(F)F)c1. The number of non-ortho nitro benzene ring substituents is 1. The molecule has 0 aliphatic carbocycles. The summed E-state index contributed by atoms with van der Waals surface area (Å²) in [5.74, 6) is 0. The van der Waals surface area contributed by atoms with Gasteiger partial charge in [-0.1, -0.05) is 0 Å². The molecule has 1 unspecified atom stereocenters. The predicted molar refractivity (Wildman–Crippen MR) is 67.0 cm³/mol. The zero-order valence-corrected chi connectivity index (χ0v) is 10.8.